The lowest BCUT2D eigenvalue weighted by Gasteiger charge is -2.17. The van der Waals surface area contributed by atoms with Crippen LogP contribution in [0.25, 0.3) is 0 Å². The van der Waals surface area contributed by atoms with Crippen molar-refractivity contribution in [1.29, 1.82) is 0 Å². The van der Waals surface area contributed by atoms with Crippen LogP contribution >= 0.6 is 0 Å². The van der Waals surface area contributed by atoms with Gasteiger partial charge in [0.25, 0.3) is 0 Å². The second-order valence-electron chi connectivity index (χ2n) is 4.56. The number of carbonyl (C=O) groups excluding carboxylic acids is 1. The first-order valence-corrected chi connectivity index (χ1v) is 7.29. The molecule has 4 heteroatoms. The van der Waals surface area contributed by atoms with Crippen LogP contribution in [0, 0.1) is 0 Å². The van der Waals surface area contributed by atoms with E-state index < -0.39 is 0 Å². The highest BCUT2D eigenvalue weighted by molar-refractivity contribution is 5.69. The molecule has 1 N–H and O–H groups in total. The van der Waals surface area contributed by atoms with Gasteiger partial charge in [0.2, 0.25) is 0 Å². The van der Waals surface area contributed by atoms with E-state index in [4.69, 9.17) is 9.47 Å². The van der Waals surface area contributed by atoms with Gasteiger partial charge in [-0.25, -0.2) is 0 Å². The van der Waals surface area contributed by atoms with Crippen molar-refractivity contribution in [3.63, 3.8) is 0 Å². The van der Waals surface area contributed by atoms with Gasteiger partial charge in [-0.1, -0.05) is 18.2 Å². The molecule has 1 unspecified atom stereocenters. The zero-order valence-corrected chi connectivity index (χ0v) is 12.6. The van der Waals surface area contributed by atoms with E-state index in [1.54, 1.807) is 0 Å². The minimum Gasteiger partial charge on any atom is -0.494 e. The van der Waals surface area contributed by atoms with Gasteiger partial charge >= 0.3 is 5.97 Å². The van der Waals surface area contributed by atoms with E-state index in [2.05, 4.69) is 18.3 Å². The summed E-state index contributed by atoms with van der Waals surface area (Å²) in [7, 11) is 0. The van der Waals surface area contributed by atoms with Crippen molar-refractivity contribution in [3.05, 3.63) is 29.8 Å². The fourth-order valence-electron chi connectivity index (χ4n) is 2.02. The Labute approximate surface area is 121 Å². The summed E-state index contributed by atoms with van der Waals surface area (Å²) < 4.78 is 10.5. The topological polar surface area (TPSA) is 47.6 Å². The second-order valence-corrected chi connectivity index (χ2v) is 4.56. The van der Waals surface area contributed by atoms with E-state index in [0.717, 1.165) is 24.3 Å². The van der Waals surface area contributed by atoms with Gasteiger partial charge in [-0.3, -0.25) is 4.79 Å². The Hall–Kier alpha value is -1.55. The van der Waals surface area contributed by atoms with Crippen molar-refractivity contribution >= 4 is 5.97 Å². The van der Waals surface area contributed by atoms with Crippen LogP contribution in [0.4, 0.5) is 0 Å². The van der Waals surface area contributed by atoms with Crippen LogP contribution in [0.1, 0.15) is 45.2 Å². The first kappa shape index (κ1) is 16.5. The molecule has 0 saturated carbocycles. The van der Waals surface area contributed by atoms with E-state index in [1.165, 1.54) is 0 Å². The molecule has 1 aromatic carbocycles. The summed E-state index contributed by atoms with van der Waals surface area (Å²) in [6.07, 6.45) is 1.24. The zero-order chi connectivity index (χ0) is 14.8. The van der Waals surface area contributed by atoms with Gasteiger partial charge in [-0.05, 0) is 39.8 Å². The summed E-state index contributed by atoms with van der Waals surface area (Å²) in [4.78, 5) is 11.2. The SMILES string of the molecule is CCOC(=O)CCCNC(C)c1ccccc1OCC. The molecule has 0 aromatic heterocycles. The maximum absolute atomic E-state index is 11.2. The number of nitrogens with one attached hydrogen (secondary N) is 1. The van der Waals surface area contributed by atoms with Crippen molar-refractivity contribution in [2.75, 3.05) is 19.8 Å². The number of rotatable bonds is 9. The fourth-order valence-corrected chi connectivity index (χ4v) is 2.02. The van der Waals surface area contributed by atoms with E-state index in [0.29, 0.717) is 19.6 Å². The lowest BCUT2D eigenvalue weighted by molar-refractivity contribution is -0.143. The average Bonchev–Trinajstić information content (AvgIpc) is 2.44. The molecular weight excluding hydrogens is 254 g/mol. The summed E-state index contributed by atoms with van der Waals surface area (Å²) in [6.45, 7) is 7.79. The van der Waals surface area contributed by atoms with Crippen molar-refractivity contribution in [3.8, 4) is 5.75 Å². The molecule has 112 valence electrons. The number of para-hydroxylation sites is 1. The minimum atomic E-state index is -0.128. The monoisotopic (exact) mass is 279 g/mol. The first-order valence-electron chi connectivity index (χ1n) is 7.29. The molecule has 0 fully saturated rings. The van der Waals surface area contributed by atoms with Crippen LogP contribution in [-0.2, 0) is 9.53 Å². The van der Waals surface area contributed by atoms with Gasteiger partial charge in [0.1, 0.15) is 5.75 Å². The summed E-state index contributed by atoms with van der Waals surface area (Å²) in [5.41, 5.74) is 1.14. The largest absolute Gasteiger partial charge is 0.494 e. The molecule has 0 spiro atoms. The summed E-state index contributed by atoms with van der Waals surface area (Å²) in [5, 5.41) is 3.41. The second kappa shape index (κ2) is 9.37. The predicted molar refractivity (Wildman–Crippen MR) is 79.9 cm³/mol. The third-order valence-electron chi connectivity index (χ3n) is 3.00. The van der Waals surface area contributed by atoms with E-state index in [9.17, 15) is 4.79 Å². The smallest absolute Gasteiger partial charge is 0.305 e. The summed E-state index contributed by atoms with van der Waals surface area (Å²) in [6, 6.07) is 8.22. The molecule has 0 saturated heterocycles. The van der Waals surface area contributed by atoms with Crippen molar-refractivity contribution in [2.24, 2.45) is 0 Å². The molecule has 0 heterocycles. The number of hydrogen-bond donors (Lipinski definition) is 1. The first-order chi connectivity index (χ1) is 9.69. The quantitative estimate of drug-likeness (QED) is 0.557. The van der Waals surface area contributed by atoms with Gasteiger partial charge in [0.15, 0.2) is 0 Å². The van der Waals surface area contributed by atoms with Crippen LogP contribution in [0.3, 0.4) is 0 Å². The Balaban J connectivity index is 2.39. The van der Waals surface area contributed by atoms with Crippen LogP contribution in [0.15, 0.2) is 24.3 Å². The highest BCUT2D eigenvalue weighted by Crippen LogP contribution is 2.24. The molecule has 0 radical (unpaired) electrons. The maximum Gasteiger partial charge on any atom is 0.305 e. The molecular formula is C16H25NO3. The average molecular weight is 279 g/mol. The van der Waals surface area contributed by atoms with Crippen molar-refractivity contribution < 1.29 is 14.3 Å². The molecule has 0 aliphatic rings. The van der Waals surface area contributed by atoms with Gasteiger partial charge in [0, 0.05) is 18.0 Å². The normalized spacial score (nSPS) is 11.9. The third kappa shape index (κ3) is 5.61. The van der Waals surface area contributed by atoms with E-state index in [-0.39, 0.29) is 12.0 Å². The maximum atomic E-state index is 11.2. The van der Waals surface area contributed by atoms with E-state index in [1.807, 2.05) is 32.0 Å². The van der Waals surface area contributed by atoms with Crippen LogP contribution in [0.2, 0.25) is 0 Å². The molecule has 0 bridgehead atoms. The molecule has 1 atom stereocenters. The van der Waals surface area contributed by atoms with Gasteiger partial charge in [0.05, 0.1) is 13.2 Å². The number of ether oxygens (including phenoxy) is 2. The Morgan fingerprint density at radius 2 is 2.00 bits per heavy atom. The number of carbonyl (C=O) groups is 1. The molecule has 4 nitrogen and oxygen atoms in total. The molecule has 1 rings (SSSR count). The standard InChI is InChI=1S/C16H25NO3/c1-4-19-15-10-7-6-9-14(15)13(3)17-12-8-11-16(18)20-5-2/h6-7,9-10,13,17H,4-5,8,11-12H2,1-3H3. The van der Waals surface area contributed by atoms with Gasteiger partial charge in [-0.2, -0.15) is 0 Å². The molecule has 20 heavy (non-hydrogen) atoms. The van der Waals surface area contributed by atoms with Crippen molar-refractivity contribution in [1.82, 2.24) is 5.32 Å². The van der Waals surface area contributed by atoms with Gasteiger partial charge < -0.3 is 14.8 Å². The number of benzene rings is 1. The minimum absolute atomic E-state index is 0.128. The Morgan fingerprint density at radius 3 is 2.70 bits per heavy atom. The van der Waals surface area contributed by atoms with Crippen LogP contribution in [-0.4, -0.2) is 25.7 Å². The van der Waals surface area contributed by atoms with Crippen LogP contribution in [0.5, 0.6) is 5.75 Å². The van der Waals surface area contributed by atoms with E-state index >= 15 is 0 Å². The lowest BCUT2D eigenvalue weighted by atomic mass is 10.1. The highest BCUT2D eigenvalue weighted by Gasteiger charge is 2.10. The highest BCUT2D eigenvalue weighted by atomic mass is 16.5. The fraction of sp³-hybridized carbons (Fsp3) is 0.562. The number of hydrogen-bond acceptors (Lipinski definition) is 4. The predicted octanol–water partition coefficient (Wildman–Crippen LogP) is 3.08. The third-order valence-corrected chi connectivity index (χ3v) is 3.00. The Bertz CT molecular complexity index is 406. The molecule has 0 aliphatic heterocycles. The summed E-state index contributed by atoms with van der Waals surface area (Å²) in [5.74, 6) is 0.789. The number of esters is 1. The lowest BCUT2D eigenvalue weighted by Crippen LogP contribution is -2.21. The Kier molecular flexibility index (Phi) is 7.73. The van der Waals surface area contributed by atoms with Crippen molar-refractivity contribution in [2.45, 2.75) is 39.7 Å². The summed E-state index contributed by atoms with van der Waals surface area (Å²) >= 11 is 0. The Morgan fingerprint density at radius 1 is 1.25 bits per heavy atom. The van der Waals surface area contributed by atoms with Crippen LogP contribution < -0.4 is 10.1 Å². The zero-order valence-electron chi connectivity index (χ0n) is 12.6. The molecule has 0 amide bonds. The molecule has 1 aromatic rings. The molecule has 0 aliphatic carbocycles. The van der Waals surface area contributed by atoms with Gasteiger partial charge in [-0.15, -0.1) is 0 Å².